The molecule has 142 valence electrons. The number of ether oxygens (including phenoxy) is 1. The third kappa shape index (κ3) is 4.45. The van der Waals surface area contributed by atoms with Gasteiger partial charge in [-0.2, -0.15) is 0 Å². The number of carbonyl (C=O) groups excluding carboxylic acids is 1. The number of anilines is 1. The molecule has 2 aromatic heterocycles. The Kier molecular flexibility index (Phi) is 6.08. The molecule has 9 heteroatoms. The summed E-state index contributed by atoms with van der Waals surface area (Å²) in [6, 6.07) is 8.79. The minimum atomic E-state index is -0.196. The van der Waals surface area contributed by atoms with Gasteiger partial charge in [0.15, 0.2) is 10.9 Å². The number of carbonyl (C=O) groups is 1. The van der Waals surface area contributed by atoms with Gasteiger partial charge in [-0.15, -0.1) is 10.2 Å². The maximum Gasteiger partial charge on any atom is 0.234 e. The van der Waals surface area contributed by atoms with E-state index in [2.05, 4.69) is 15.5 Å². The highest BCUT2D eigenvalue weighted by molar-refractivity contribution is 7.99. The largest absolute Gasteiger partial charge is 0.495 e. The van der Waals surface area contributed by atoms with E-state index in [1.165, 1.54) is 18.9 Å². The van der Waals surface area contributed by atoms with Gasteiger partial charge in [0.25, 0.3) is 0 Å². The Morgan fingerprint density at radius 3 is 2.85 bits per heavy atom. The Bertz CT molecular complexity index is 925. The predicted octanol–water partition coefficient (Wildman–Crippen LogP) is 4.51. The number of amides is 1. The summed E-state index contributed by atoms with van der Waals surface area (Å²) in [5, 5.41) is 12.4. The van der Waals surface area contributed by atoms with Crippen molar-refractivity contribution in [1.82, 2.24) is 14.8 Å². The van der Waals surface area contributed by atoms with Gasteiger partial charge in [-0.05, 0) is 44.2 Å². The second-order valence-electron chi connectivity index (χ2n) is 5.93. The fraction of sp³-hybridized carbons (Fsp3) is 0.278. The average Bonchev–Trinajstić information content (AvgIpc) is 3.29. The van der Waals surface area contributed by atoms with E-state index in [-0.39, 0.29) is 17.7 Å². The van der Waals surface area contributed by atoms with E-state index >= 15 is 0 Å². The Labute approximate surface area is 166 Å². The number of methoxy groups -OCH3 is 1. The first-order valence-corrected chi connectivity index (χ1v) is 9.61. The summed E-state index contributed by atoms with van der Waals surface area (Å²) in [7, 11) is 1.54. The zero-order valence-electron chi connectivity index (χ0n) is 15.1. The number of hydrogen-bond donors (Lipinski definition) is 1. The smallest absolute Gasteiger partial charge is 0.234 e. The van der Waals surface area contributed by atoms with Crippen LogP contribution in [0, 0.1) is 0 Å². The Hall–Kier alpha value is -2.45. The number of nitrogens with one attached hydrogen (secondary N) is 1. The second-order valence-corrected chi connectivity index (χ2v) is 7.31. The molecule has 27 heavy (non-hydrogen) atoms. The molecule has 1 N–H and O–H groups in total. The van der Waals surface area contributed by atoms with Gasteiger partial charge in [0, 0.05) is 11.1 Å². The Morgan fingerprint density at radius 1 is 1.37 bits per heavy atom. The van der Waals surface area contributed by atoms with Gasteiger partial charge in [0.05, 0.1) is 24.8 Å². The van der Waals surface area contributed by atoms with Crippen molar-refractivity contribution >= 4 is 35.0 Å². The lowest BCUT2D eigenvalue weighted by atomic mass is 10.3. The summed E-state index contributed by atoms with van der Waals surface area (Å²) in [6.45, 7) is 4.05. The molecule has 0 saturated carbocycles. The lowest BCUT2D eigenvalue weighted by Gasteiger charge is -2.13. The van der Waals surface area contributed by atoms with E-state index in [1.807, 2.05) is 24.5 Å². The van der Waals surface area contributed by atoms with E-state index in [4.69, 9.17) is 20.8 Å². The van der Waals surface area contributed by atoms with E-state index in [1.54, 1.807) is 30.5 Å². The van der Waals surface area contributed by atoms with Crippen molar-refractivity contribution in [3.8, 4) is 17.3 Å². The number of hydrogen-bond acceptors (Lipinski definition) is 6. The highest BCUT2D eigenvalue weighted by atomic mass is 35.5. The van der Waals surface area contributed by atoms with Crippen LogP contribution in [-0.2, 0) is 4.79 Å². The molecule has 1 amide bonds. The van der Waals surface area contributed by atoms with Crippen LogP contribution in [0.4, 0.5) is 5.69 Å². The van der Waals surface area contributed by atoms with Gasteiger partial charge in [-0.3, -0.25) is 9.36 Å². The SMILES string of the molecule is COc1ccc(Cl)cc1NC(=O)CSc1nnc(-c2ccco2)n1C(C)C. The van der Waals surface area contributed by atoms with Crippen LogP contribution in [0.5, 0.6) is 5.75 Å². The topological polar surface area (TPSA) is 82.2 Å². The molecule has 1 aromatic carbocycles. The number of furan rings is 1. The van der Waals surface area contributed by atoms with Crippen molar-refractivity contribution in [2.75, 3.05) is 18.2 Å². The van der Waals surface area contributed by atoms with Crippen molar-refractivity contribution in [1.29, 1.82) is 0 Å². The van der Waals surface area contributed by atoms with Gasteiger partial charge >= 0.3 is 0 Å². The van der Waals surface area contributed by atoms with Gasteiger partial charge in [0.1, 0.15) is 5.75 Å². The minimum Gasteiger partial charge on any atom is -0.495 e. The second kappa shape index (κ2) is 8.49. The maximum atomic E-state index is 12.4. The first-order chi connectivity index (χ1) is 13.0. The van der Waals surface area contributed by atoms with Crippen LogP contribution in [-0.4, -0.2) is 33.5 Å². The molecule has 0 aliphatic rings. The molecule has 2 heterocycles. The van der Waals surface area contributed by atoms with Crippen molar-refractivity contribution in [2.45, 2.75) is 25.0 Å². The molecule has 0 spiro atoms. The van der Waals surface area contributed by atoms with Gasteiger partial charge in [-0.1, -0.05) is 23.4 Å². The summed E-state index contributed by atoms with van der Waals surface area (Å²) in [5.74, 6) is 1.78. The summed E-state index contributed by atoms with van der Waals surface area (Å²) >= 11 is 7.30. The van der Waals surface area contributed by atoms with Crippen LogP contribution in [0.25, 0.3) is 11.6 Å². The number of halogens is 1. The predicted molar refractivity (Wildman–Crippen MR) is 105 cm³/mol. The van der Waals surface area contributed by atoms with Gasteiger partial charge in [-0.25, -0.2) is 0 Å². The fourth-order valence-corrected chi connectivity index (χ4v) is 3.55. The number of thioether (sulfide) groups is 1. The maximum absolute atomic E-state index is 12.4. The lowest BCUT2D eigenvalue weighted by molar-refractivity contribution is -0.113. The number of nitrogens with zero attached hydrogens (tertiary/aromatic N) is 3. The molecule has 0 saturated heterocycles. The number of rotatable bonds is 7. The third-order valence-electron chi connectivity index (χ3n) is 3.69. The molecule has 0 fully saturated rings. The average molecular weight is 407 g/mol. The molecule has 0 radical (unpaired) electrons. The highest BCUT2D eigenvalue weighted by Gasteiger charge is 2.19. The number of benzene rings is 1. The van der Waals surface area contributed by atoms with Crippen molar-refractivity contribution in [3.05, 3.63) is 41.6 Å². The Morgan fingerprint density at radius 2 is 2.19 bits per heavy atom. The first kappa shape index (κ1) is 19.3. The molecule has 0 atom stereocenters. The van der Waals surface area contributed by atoms with Gasteiger partial charge in [0.2, 0.25) is 11.7 Å². The van der Waals surface area contributed by atoms with E-state index in [9.17, 15) is 4.79 Å². The molecular formula is C18H19ClN4O3S. The van der Waals surface area contributed by atoms with Crippen LogP contribution in [0.1, 0.15) is 19.9 Å². The van der Waals surface area contributed by atoms with Gasteiger partial charge < -0.3 is 14.5 Å². The summed E-state index contributed by atoms with van der Waals surface area (Å²) in [6.07, 6.45) is 1.59. The molecule has 3 rings (SSSR count). The molecule has 0 bridgehead atoms. The third-order valence-corrected chi connectivity index (χ3v) is 4.87. The standard InChI is InChI=1S/C18H19ClN4O3S/c1-11(2)23-17(15-5-4-8-26-15)21-22-18(23)27-10-16(24)20-13-9-12(19)6-7-14(13)25-3/h4-9,11H,10H2,1-3H3,(H,20,24). The summed E-state index contributed by atoms with van der Waals surface area (Å²) < 4.78 is 12.6. The van der Waals surface area contributed by atoms with Crippen molar-refractivity contribution in [2.24, 2.45) is 0 Å². The molecule has 7 nitrogen and oxygen atoms in total. The van der Waals surface area contributed by atoms with E-state index in [0.717, 1.165) is 0 Å². The van der Waals surface area contributed by atoms with Crippen LogP contribution >= 0.6 is 23.4 Å². The summed E-state index contributed by atoms with van der Waals surface area (Å²) in [4.78, 5) is 12.4. The van der Waals surface area contributed by atoms with Crippen molar-refractivity contribution in [3.63, 3.8) is 0 Å². The van der Waals surface area contributed by atoms with Crippen LogP contribution in [0.3, 0.4) is 0 Å². The van der Waals surface area contributed by atoms with Crippen LogP contribution in [0.15, 0.2) is 46.2 Å². The lowest BCUT2D eigenvalue weighted by Crippen LogP contribution is -2.15. The molecular weight excluding hydrogens is 388 g/mol. The molecule has 0 aliphatic heterocycles. The van der Waals surface area contributed by atoms with Crippen LogP contribution < -0.4 is 10.1 Å². The molecule has 0 unspecified atom stereocenters. The normalized spacial score (nSPS) is 11.0. The van der Waals surface area contributed by atoms with E-state index in [0.29, 0.717) is 33.2 Å². The quantitative estimate of drug-likeness (QED) is 0.581. The Balaban J connectivity index is 1.72. The highest BCUT2D eigenvalue weighted by Crippen LogP contribution is 2.30. The van der Waals surface area contributed by atoms with E-state index < -0.39 is 0 Å². The monoisotopic (exact) mass is 406 g/mol. The molecule has 0 aliphatic carbocycles. The summed E-state index contributed by atoms with van der Waals surface area (Å²) in [5.41, 5.74) is 0.525. The van der Waals surface area contributed by atoms with Crippen LogP contribution in [0.2, 0.25) is 5.02 Å². The molecule has 3 aromatic rings. The zero-order valence-corrected chi connectivity index (χ0v) is 16.7. The fourth-order valence-electron chi connectivity index (χ4n) is 2.51. The first-order valence-electron chi connectivity index (χ1n) is 8.24. The minimum absolute atomic E-state index is 0.110. The number of aromatic nitrogens is 3. The van der Waals surface area contributed by atoms with Crippen molar-refractivity contribution < 1.29 is 13.9 Å². The zero-order chi connectivity index (χ0) is 19.4.